The molecule has 11 heteroatoms. The third-order valence-corrected chi connectivity index (χ3v) is 16.2. The first-order valence-corrected chi connectivity index (χ1v) is 21.9. The average molecular weight is 753 g/mol. The van der Waals surface area contributed by atoms with Gasteiger partial charge in [-0.1, -0.05) is 31.0 Å². The Labute approximate surface area is 315 Å². The quantitative estimate of drug-likeness (QED) is 0.407. The molecule has 0 radical (unpaired) electrons. The predicted molar refractivity (Wildman–Crippen MR) is 209 cm³/mol. The monoisotopic (exact) mass is 752 g/mol. The van der Waals surface area contributed by atoms with E-state index in [0.29, 0.717) is 37.1 Å². The Balaban J connectivity index is 1.16. The van der Waals surface area contributed by atoms with Gasteiger partial charge in [0.15, 0.2) is 0 Å². The molecule has 3 fully saturated rings. The maximum absolute atomic E-state index is 14.0. The lowest BCUT2D eigenvalue weighted by Gasteiger charge is -2.53. The number of nitrogens with zero attached hydrogens (tertiary/aromatic N) is 3. The van der Waals surface area contributed by atoms with Gasteiger partial charge >= 0.3 is 0 Å². The molecule has 8 atom stereocenters. The molecule has 2 N–H and O–H groups in total. The number of aryl methyl sites for hydroxylation is 1. The molecule has 2 aliphatic carbocycles. The van der Waals surface area contributed by atoms with Crippen LogP contribution in [0.25, 0.3) is 0 Å². The van der Waals surface area contributed by atoms with Crippen molar-refractivity contribution in [1.29, 1.82) is 0 Å². The highest BCUT2D eigenvalue weighted by Crippen LogP contribution is 2.49. The molecular weight excluding hydrogens is 696 g/mol. The van der Waals surface area contributed by atoms with Crippen LogP contribution in [0.3, 0.4) is 0 Å². The Morgan fingerprint density at radius 1 is 1.06 bits per heavy atom. The van der Waals surface area contributed by atoms with E-state index in [2.05, 4.69) is 44.3 Å². The Hall–Kier alpha value is -2.34. The molecule has 0 aromatic heterocycles. The zero-order valence-corrected chi connectivity index (χ0v) is 32.6. The number of β-amino-alcohol motifs (C(OH)–C–C–N with tert-alkyl or cyclic N) is 1. The van der Waals surface area contributed by atoms with Gasteiger partial charge in [-0.3, -0.25) is 19.3 Å². The molecule has 2 aromatic rings. The SMILES string of the molecule is C=S1(=O)NC(=O)c2ccc3c(c2)N(C[C@@H]2CC[C@H]2C(O)(CN2CCN4CCOC[C@H]4C2)CCC[C@H](C)[C@H]1C)C[C@@]1(CCCc2cc(Cl)ccc21)CO3. The summed E-state index contributed by atoms with van der Waals surface area (Å²) < 4.78 is 29.4. The summed E-state index contributed by atoms with van der Waals surface area (Å²) in [6, 6.07) is 12.3. The van der Waals surface area contributed by atoms with Crippen molar-refractivity contribution in [3.05, 3.63) is 58.1 Å². The maximum Gasteiger partial charge on any atom is 0.262 e. The number of rotatable bonds is 2. The van der Waals surface area contributed by atoms with Gasteiger partial charge in [0.05, 0.1) is 40.8 Å². The van der Waals surface area contributed by atoms with Gasteiger partial charge in [0.25, 0.3) is 5.91 Å². The van der Waals surface area contributed by atoms with Crippen LogP contribution < -0.4 is 14.4 Å². The normalized spacial score (nSPS) is 37.4. The second-order valence-corrected chi connectivity index (χ2v) is 19.9. The number of halogens is 1. The van der Waals surface area contributed by atoms with E-state index in [-0.39, 0.29) is 28.4 Å². The number of morpholine rings is 1. The Morgan fingerprint density at radius 2 is 1.92 bits per heavy atom. The molecule has 6 aliphatic rings. The van der Waals surface area contributed by atoms with Gasteiger partial charge in [0.1, 0.15) is 5.75 Å². The first-order chi connectivity index (χ1) is 24.9. The van der Waals surface area contributed by atoms with Crippen LogP contribution in [-0.2, 0) is 26.3 Å². The second-order valence-electron chi connectivity index (χ2n) is 17.1. The first-order valence-electron chi connectivity index (χ1n) is 19.7. The van der Waals surface area contributed by atoms with E-state index in [9.17, 15) is 14.1 Å². The van der Waals surface area contributed by atoms with Crippen molar-refractivity contribution in [3.8, 4) is 5.75 Å². The highest BCUT2D eigenvalue weighted by atomic mass is 35.5. The number of carbonyl (C=O) groups is 1. The highest BCUT2D eigenvalue weighted by molar-refractivity contribution is 7.99. The van der Waals surface area contributed by atoms with E-state index in [4.69, 9.17) is 21.1 Å². The Kier molecular flexibility index (Phi) is 10.1. The third-order valence-electron chi connectivity index (χ3n) is 13.8. The molecule has 4 heterocycles. The molecule has 9 nitrogen and oxygen atoms in total. The molecule has 2 unspecified atom stereocenters. The zero-order valence-electron chi connectivity index (χ0n) is 31.0. The number of amides is 1. The lowest BCUT2D eigenvalue weighted by atomic mass is 9.62. The molecule has 2 aromatic carbocycles. The minimum absolute atomic E-state index is 0.0583. The fourth-order valence-electron chi connectivity index (χ4n) is 10.4. The summed E-state index contributed by atoms with van der Waals surface area (Å²) in [6.45, 7) is 12.2. The van der Waals surface area contributed by atoms with Gasteiger partial charge in [-0.25, -0.2) is 4.21 Å². The van der Waals surface area contributed by atoms with Crippen LogP contribution in [0.5, 0.6) is 5.75 Å². The average Bonchev–Trinajstić information content (AvgIpc) is 3.25. The number of aliphatic hydroxyl groups is 1. The van der Waals surface area contributed by atoms with Crippen molar-refractivity contribution >= 4 is 38.8 Å². The molecule has 2 saturated heterocycles. The van der Waals surface area contributed by atoms with Crippen molar-refractivity contribution in [1.82, 2.24) is 14.5 Å². The molecule has 1 spiro atoms. The largest absolute Gasteiger partial charge is 0.490 e. The van der Waals surface area contributed by atoms with Gasteiger partial charge in [-0.05, 0) is 117 Å². The Morgan fingerprint density at radius 3 is 2.75 bits per heavy atom. The number of nitrogens with one attached hydrogen (secondary N) is 1. The molecular formula is C41H57ClN4O5S. The number of anilines is 1. The molecule has 2 bridgehead atoms. The smallest absolute Gasteiger partial charge is 0.262 e. The van der Waals surface area contributed by atoms with Gasteiger partial charge in [0.2, 0.25) is 0 Å². The lowest BCUT2D eigenvalue weighted by Crippen LogP contribution is -2.62. The molecule has 4 aliphatic heterocycles. The third kappa shape index (κ3) is 7.01. The summed E-state index contributed by atoms with van der Waals surface area (Å²) in [6.07, 6.45) is 7.42. The van der Waals surface area contributed by atoms with Gasteiger partial charge in [0, 0.05) is 73.1 Å². The van der Waals surface area contributed by atoms with E-state index in [1.165, 1.54) is 11.1 Å². The highest BCUT2D eigenvalue weighted by Gasteiger charge is 2.50. The van der Waals surface area contributed by atoms with E-state index in [1.54, 1.807) is 6.07 Å². The maximum atomic E-state index is 14.0. The number of benzene rings is 2. The van der Waals surface area contributed by atoms with E-state index in [0.717, 1.165) is 114 Å². The Bertz CT molecular complexity index is 1770. The van der Waals surface area contributed by atoms with Crippen molar-refractivity contribution in [2.45, 2.75) is 87.5 Å². The second kappa shape index (κ2) is 14.4. The van der Waals surface area contributed by atoms with Crippen molar-refractivity contribution < 1.29 is 23.6 Å². The number of hydrogen-bond donors (Lipinski definition) is 2. The van der Waals surface area contributed by atoms with Crippen molar-refractivity contribution in [2.24, 2.45) is 17.8 Å². The molecule has 1 saturated carbocycles. The molecule has 52 heavy (non-hydrogen) atoms. The van der Waals surface area contributed by atoms with Gasteiger partial charge in [-0.2, -0.15) is 0 Å². The molecule has 284 valence electrons. The van der Waals surface area contributed by atoms with Crippen LogP contribution in [0.2, 0.25) is 5.02 Å². The van der Waals surface area contributed by atoms with E-state index in [1.807, 2.05) is 25.1 Å². The van der Waals surface area contributed by atoms with E-state index >= 15 is 0 Å². The fourth-order valence-corrected chi connectivity index (χ4v) is 12.1. The number of carbonyl (C=O) groups excluding carboxylic acids is 1. The first kappa shape index (κ1) is 36.6. The van der Waals surface area contributed by atoms with Crippen molar-refractivity contribution in [3.63, 3.8) is 0 Å². The van der Waals surface area contributed by atoms with Crippen LogP contribution in [0.1, 0.15) is 80.3 Å². The predicted octanol–water partition coefficient (Wildman–Crippen LogP) is 5.16. The minimum Gasteiger partial charge on any atom is -0.490 e. The van der Waals surface area contributed by atoms with Crippen LogP contribution in [0.4, 0.5) is 5.69 Å². The lowest BCUT2D eigenvalue weighted by molar-refractivity contribution is -0.120. The van der Waals surface area contributed by atoms with Gasteiger partial charge in [-0.15, -0.1) is 0 Å². The summed E-state index contributed by atoms with van der Waals surface area (Å²) >= 11 is 6.51. The standard InChI is InChI=1S/C41H57ClN4O5S/c1-28-6-4-15-41(48,26-44-16-17-45-18-19-50-24-34(45)23-44)36-11-8-32(36)22-46-25-40(14-5-7-30-20-33(42)10-12-35(30)40)27-51-38-13-9-31(21-37(38)46)39(47)43-52(3,49)29(28)2/h9-10,12-13,20-21,28-29,32,34,36,48H,3-8,11,14-19,22-27H2,1-2H3,(H,43,47,49)/t28-,29+,32-,34+,36+,40-,41?,52?/m0/s1. The molecule has 8 rings (SSSR count). The number of hydrogen-bond acceptors (Lipinski definition) is 8. The van der Waals surface area contributed by atoms with Gasteiger partial charge < -0.3 is 19.5 Å². The number of fused-ring (bicyclic) bond motifs is 5. The molecule has 1 amide bonds. The fraction of sp³-hybridized carbons (Fsp3) is 0.659. The van der Waals surface area contributed by atoms with Crippen LogP contribution in [0.15, 0.2) is 36.4 Å². The topological polar surface area (TPSA) is 94.6 Å². The van der Waals surface area contributed by atoms with Crippen LogP contribution in [-0.4, -0.2) is 113 Å². The zero-order chi connectivity index (χ0) is 36.3. The van der Waals surface area contributed by atoms with Crippen LogP contribution >= 0.6 is 11.6 Å². The summed E-state index contributed by atoms with van der Waals surface area (Å²) in [5.74, 6) is 4.95. The number of piperazine rings is 1. The number of ether oxygens (including phenoxy) is 2. The minimum atomic E-state index is -2.95. The van der Waals surface area contributed by atoms with E-state index < -0.39 is 15.3 Å². The summed E-state index contributed by atoms with van der Waals surface area (Å²) in [5, 5.41) is 13.4. The summed E-state index contributed by atoms with van der Waals surface area (Å²) in [7, 11) is -2.95. The van der Waals surface area contributed by atoms with Crippen LogP contribution in [0, 0.1) is 17.8 Å². The summed E-state index contributed by atoms with van der Waals surface area (Å²) in [5.41, 5.74) is 2.83. The van der Waals surface area contributed by atoms with Crippen molar-refractivity contribution in [2.75, 3.05) is 70.5 Å². The summed E-state index contributed by atoms with van der Waals surface area (Å²) in [4.78, 5) is 21.3.